The van der Waals surface area contributed by atoms with Gasteiger partial charge in [0.15, 0.2) is 0 Å². The van der Waals surface area contributed by atoms with Gasteiger partial charge in [0.2, 0.25) is 5.91 Å². The van der Waals surface area contributed by atoms with Gasteiger partial charge in [0.25, 0.3) is 0 Å². The molecule has 3 N–H and O–H groups in total. The van der Waals surface area contributed by atoms with Gasteiger partial charge in [-0.1, -0.05) is 69.3 Å². The van der Waals surface area contributed by atoms with E-state index >= 15 is 0 Å². The molecule has 182 valence electrons. The molecule has 7 nitrogen and oxygen atoms in total. The highest BCUT2D eigenvalue weighted by molar-refractivity contribution is 5.81. The summed E-state index contributed by atoms with van der Waals surface area (Å²) in [5, 5.41) is 14.4. The SMILES string of the molecule is C[C@H](CC(=O)O)NC(=O)C(CNC(=O)OCC1c2ccccc2-c2ccccc21)CC(C)(C)C. The smallest absolute Gasteiger partial charge is 0.407 e. The molecule has 0 radical (unpaired) electrons. The fourth-order valence-corrected chi connectivity index (χ4v) is 4.53. The first-order valence-corrected chi connectivity index (χ1v) is 11.7. The minimum atomic E-state index is -0.975. The van der Waals surface area contributed by atoms with Gasteiger partial charge in [-0.05, 0) is 41.0 Å². The Hall–Kier alpha value is -3.35. The van der Waals surface area contributed by atoms with Crippen molar-refractivity contribution in [2.24, 2.45) is 11.3 Å². The second-order valence-electron chi connectivity index (χ2n) is 10.2. The average Bonchev–Trinajstić information content (AvgIpc) is 3.07. The van der Waals surface area contributed by atoms with Crippen LogP contribution in [0.3, 0.4) is 0 Å². The third kappa shape index (κ3) is 6.59. The van der Waals surface area contributed by atoms with Crippen LogP contribution in [-0.2, 0) is 14.3 Å². The molecule has 0 heterocycles. The fraction of sp³-hybridized carbons (Fsp3) is 0.444. The lowest BCUT2D eigenvalue weighted by molar-refractivity contribution is -0.137. The van der Waals surface area contributed by atoms with Crippen molar-refractivity contribution in [1.82, 2.24) is 10.6 Å². The van der Waals surface area contributed by atoms with Crippen LogP contribution in [0.25, 0.3) is 11.1 Å². The van der Waals surface area contributed by atoms with Crippen molar-refractivity contribution >= 4 is 18.0 Å². The van der Waals surface area contributed by atoms with Crippen LogP contribution in [0.5, 0.6) is 0 Å². The number of ether oxygens (including phenoxy) is 1. The van der Waals surface area contributed by atoms with E-state index in [4.69, 9.17) is 9.84 Å². The van der Waals surface area contributed by atoms with Crippen molar-refractivity contribution in [2.45, 2.75) is 52.5 Å². The number of fused-ring (bicyclic) bond motifs is 3. The van der Waals surface area contributed by atoms with Crippen LogP contribution in [0, 0.1) is 11.3 Å². The molecule has 2 atom stereocenters. The molecule has 0 spiro atoms. The van der Waals surface area contributed by atoms with E-state index in [9.17, 15) is 14.4 Å². The van der Waals surface area contributed by atoms with Crippen molar-refractivity contribution in [3.63, 3.8) is 0 Å². The van der Waals surface area contributed by atoms with E-state index in [0.717, 1.165) is 22.3 Å². The van der Waals surface area contributed by atoms with E-state index < -0.39 is 24.0 Å². The highest BCUT2D eigenvalue weighted by Crippen LogP contribution is 2.44. The number of rotatable bonds is 9. The highest BCUT2D eigenvalue weighted by Gasteiger charge is 2.30. The maximum atomic E-state index is 12.8. The molecule has 2 amide bonds. The molecule has 34 heavy (non-hydrogen) atoms. The number of benzene rings is 2. The van der Waals surface area contributed by atoms with Gasteiger partial charge in [-0.2, -0.15) is 0 Å². The first-order chi connectivity index (χ1) is 16.0. The van der Waals surface area contributed by atoms with E-state index in [1.54, 1.807) is 6.92 Å². The largest absolute Gasteiger partial charge is 0.481 e. The van der Waals surface area contributed by atoms with E-state index in [1.165, 1.54) is 0 Å². The monoisotopic (exact) mass is 466 g/mol. The van der Waals surface area contributed by atoms with Gasteiger partial charge in [-0.25, -0.2) is 4.79 Å². The summed E-state index contributed by atoms with van der Waals surface area (Å²) in [5.41, 5.74) is 4.43. The summed E-state index contributed by atoms with van der Waals surface area (Å²) < 4.78 is 5.57. The van der Waals surface area contributed by atoms with Crippen molar-refractivity contribution < 1.29 is 24.2 Å². The molecular weight excluding hydrogens is 432 g/mol. The molecule has 0 aliphatic heterocycles. The Labute approximate surface area is 200 Å². The first-order valence-electron chi connectivity index (χ1n) is 11.7. The second kappa shape index (κ2) is 10.7. The van der Waals surface area contributed by atoms with Crippen LogP contribution < -0.4 is 10.6 Å². The molecule has 2 aromatic carbocycles. The molecule has 0 saturated carbocycles. The Kier molecular flexibility index (Phi) is 7.97. The van der Waals surface area contributed by atoms with E-state index in [2.05, 4.69) is 34.9 Å². The van der Waals surface area contributed by atoms with Crippen LogP contribution in [0.15, 0.2) is 48.5 Å². The summed E-state index contributed by atoms with van der Waals surface area (Å²) in [4.78, 5) is 36.2. The lowest BCUT2D eigenvalue weighted by Crippen LogP contribution is -2.44. The Morgan fingerprint density at radius 1 is 1.00 bits per heavy atom. The molecule has 0 fully saturated rings. The number of carboxylic acids is 1. The van der Waals surface area contributed by atoms with E-state index in [1.807, 2.05) is 45.0 Å². The van der Waals surface area contributed by atoms with E-state index in [-0.39, 0.29) is 36.8 Å². The number of hydrogen-bond donors (Lipinski definition) is 3. The molecule has 0 bridgehead atoms. The van der Waals surface area contributed by atoms with Crippen LogP contribution in [0.1, 0.15) is 57.6 Å². The second-order valence-corrected chi connectivity index (χ2v) is 10.2. The van der Waals surface area contributed by atoms with Crippen LogP contribution >= 0.6 is 0 Å². The lowest BCUT2D eigenvalue weighted by atomic mass is 9.84. The minimum absolute atomic E-state index is 0.0383. The number of alkyl carbamates (subject to hydrolysis) is 1. The number of amides is 2. The number of carbonyl (C=O) groups is 3. The highest BCUT2D eigenvalue weighted by atomic mass is 16.5. The Morgan fingerprint density at radius 3 is 2.09 bits per heavy atom. The number of hydrogen-bond acceptors (Lipinski definition) is 4. The number of nitrogens with one attached hydrogen (secondary N) is 2. The normalized spacial score (nSPS) is 14.5. The number of carboxylic acid groups (broad SMARTS) is 1. The summed E-state index contributed by atoms with van der Waals surface area (Å²) >= 11 is 0. The van der Waals surface area contributed by atoms with Gasteiger partial charge >= 0.3 is 12.1 Å². The zero-order chi connectivity index (χ0) is 24.9. The van der Waals surface area contributed by atoms with Gasteiger partial charge < -0.3 is 20.5 Å². The molecule has 1 unspecified atom stereocenters. The van der Waals surface area contributed by atoms with Crippen LogP contribution in [-0.4, -0.2) is 42.3 Å². The molecule has 7 heteroatoms. The fourth-order valence-electron chi connectivity index (χ4n) is 4.53. The molecular formula is C27H34N2O5. The summed E-state index contributed by atoms with van der Waals surface area (Å²) in [5.74, 6) is -1.79. The summed E-state index contributed by atoms with van der Waals surface area (Å²) in [6.45, 7) is 8.01. The minimum Gasteiger partial charge on any atom is -0.481 e. The molecule has 3 rings (SSSR count). The quantitative estimate of drug-likeness (QED) is 0.503. The summed E-state index contributed by atoms with van der Waals surface area (Å²) in [6, 6.07) is 15.8. The molecule has 0 aromatic heterocycles. The third-order valence-corrected chi connectivity index (χ3v) is 5.94. The maximum Gasteiger partial charge on any atom is 0.407 e. The first kappa shape index (κ1) is 25.3. The predicted molar refractivity (Wildman–Crippen MR) is 130 cm³/mol. The predicted octanol–water partition coefficient (Wildman–Crippen LogP) is 4.56. The van der Waals surface area contributed by atoms with Crippen molar-refractivity contribution in [3.8, 4) is 11.1 Å². The Bertz CT molecular complexity index is 998. The van der Waals surface area contributed by atoms with Crippen molar-refractivity contribution in [1.29, 1.82) is 0 Å². The topological polar surface area (TPSA) is 105 Å². The lowest BCUT2D eigenvalue weighted by Gasteiger charge is -2.26. The number of carbonyl (C=O) groups excluding carboxylic acids is 2. The Balaban J connectivity index is 1.60. The molecule has 1 aliphatic carbocycles. The molecule has 0 saturated heterocycles. The number of aliphatic carboxylic acids is 1. The Morgan fingerprint density at radius 2 is 1.56 bits per heavy atom. The third-order valence-electron chi connectivity index (χ3n) is 5.94. The summed E-state index contributed by atoms with van der Waals surface area (Å²) in [7, 11) is 0. The van der Waals surface area contributed by atoms with Crippen LogP contribution in [0.2, 0.25) is 0 Å². The van der Waals surface area contributed by atoms with Gasteiger partial charge in [-0.15, -0.1) is 0 Å². The van der Waals surface area contributed by atoms with Gasteiger partial charge in [-0.3, -0.25) is 9.59 Å². The van der Waals surface area contributed by atoms with Crippen molar-refractivity contribution in [3.05, 3.63) is 59.7 Å². The van der Waals surface area contributed by atoms with E-state index in [0.29, 0.717) is 6.42 Å². The standard InChI is InChI=1S/C27H34N2O5/c1-17(13-24(30)31)29-25(32)18(14-27(2,3)4)15-28-26(33)34-16-23-21-11-7-5-9-19(21)20-10-6-8-12-22(20)23/h5-12,17-18,23H,13-16H2,1-4H3,(H,28,33)(H,29,32)(H,30,31)/t17-,18?/m1/s1. The molecule has 1 aliphatic rings. The maximum absolute atomic E-state index is 12.8. The molecule has 2 aromatic rings. The average molecular weight is 467 g/mol. The zero-order valence-corrected chi connectivity index (χ0v) is 20.3. The zero-order valence-electron chi connectivity index (χ0n) is 20.3. The van der Waals surface area contributed by atoms with Crippen molar-refractivity contribution in [2.75, 3.05) is 13.2 Å². The van der Waals surface area contributed by atoms with Crippen LogP contribution in [0.4, 0.5) is 4.79 Å². The van der Waals surface area contributed by atoms with Gasteiger partial charge in [0, 0.05) is 18.5 Å². The summed E-state index contributed by atoms with van der Waals surface area (Å²) in [6.07, 6.45) is -0.206. The van der Waals surface area contributed by atoms with Gasteiger partial charge in [0.05, 0.1) is 12.3 Å². The van der Waals surface area contributed by atoms with Gasteiger partial charge in [0.1, 0.15) is 6.61 Å².